The zero-order chi connectivity index (χ0) is 16.7. The number of benzene rings is 1. The van der Waals surface area contributed by atoms with Crippen LogP contribution in [0, 0.1) is 0 Å². The first-order chi connectivity index (χ1) is 11.1. The summed E-state index contributed by atoms with van der Waals surface area (Å²) in [7, 11) is 1.77. The van der Waals surface area contributed by atoms with Crippen LogP contribution >= 0.6 is 0 Å². The Labute approximate surface area is 138 Å². The third-order valence-corrected chi connectivity index (χ3v) is 3.82. The SMILES string of the molecule is CCOCCNC(=NC)NCC(C)(C)c1ccc2c(c1)OCO2. The van der Waals surface area contributed by atoms with Crippen LogP contribution in [0.5, 0.6) is 11.5 Å². The molecule has 2 N–H and O–H groups in total. The zero-order valence-electron chi connectivity index (χ0n) is 14.4. The predicted molar refractivity (Wildman–Crippen MR) is 91.4 cm³/mol. The molecule has 128 valence electrons. The molecule has 1 aromatic rings. The van der Waals surface area contributed by atoms with Gasteiger partial charge in [-0.1, -0.05) is 19.9 Å². The monoisotopic (exact) mass is 321 g/mol. The molecular weight excluding hydrogens is 294 g/mol. The van der Waals surface area contributed by atoms with E-state index in [4.69, 9.17) is 14.2 Å². The summed E-state index contributed by atoms with van der Waals surface area (Å²) in [6, 6.07) is 6.10. The molecule has 0 aromatic heterocycles. The molecule has 1 heterocycles. The summed E-state index contributed by atoms with van der Waals surface area (Å²) in [6.45, 7) is 9.54. The quantitative estimate of drug-likeness (QED) is 0.456. The summed E-state index contributed by atoms with van der Waals surface area (Å²) in [4.78, 5) is 4.23. The molecule has 6 nitrogen and oxygen atoms in total. The van der Waals surface area contributed by atoms with Gasteiger partial charge in [-0.3, -0.25) is 4.99 Å². The molecule has 6 heteroatoms. The highest BCUT2D eigenvalue weighted by molar-refractivity contribution is 5.79. The molecule has 23 heavy (non-hydrogen) atoms. The second kappa shape index (κ2) is 8.06. The number of nitrogens with zero attached hydrogens (tertiary/aromatic N) is 1. The van der Waals surface area contributed by atoms with Crippen LogP contribution in [0.2, 0.25) is 0 Å². The van der Waals surface area contributed by atoms with Crippen molar-refractivity contribution < 1.29 is 14.2 Å². The molecule has 0 spiro atoms. The molecule has 1 aliphatic heterocycles. The maximum atomic E-state index is 5.46. The lowest BCUT2D eigenvalue weighted by Gasteiger charge is -2.27. The van der Waals surface area contributed by atoms with E-state index in [9.17, 15) is 0 Å². The van der Waals surface area contributed by atoms with Crippen LogP contribution in [-0.2, 0) is 10.2 Å². The first-order valence-corrected chi connectivity index (χ1v) is 7.99. The van der Waals surface area contributed by atoms with Gasteiger partial charge in [-0.25, -0.2) is 0 Å². The number of hydrogen-bond acceptors (Lipinski definition) is 4. The highest BCUT2D eigenvalue weighted by atomic mass is 16.7. The van der Waals surface area contributed by atoms with Gasteiger partial charge in [0.15, 0.2) is 17.5 Å². The summed E-state index contributed by atoms with van der Waals surface area (Å²) in [6.07, 6.45) is 0. The molecule has 0 aliphatic carbocycles. The summed E-state index contributed by atoms with van der Waals surface area (Å²) in [5.74, 6) is 2.40. The van der Waals surface area contributed by atoms with Crippen LogP contribution in [0.3, 0.4) is 0 Å². The fraction of sp³-hybridized carbons (Fsp3) is 0.588. The van der Waals surface area contributed by atoms with Crippen LogP contribution in [-0.4, -0.2) is 46.1 Å². The fourth-order valence-electron chi connectivity index (χ4n) is 2.33. The highest BCUT2D eigenvalue weighted by Gasteiger charge is 2.24. The lowest BCUT2D eigenvalue weighted by Crippen LogP contribution is -2.44. The Bertz CT molecular complexity index is 544. The Kier molecular flexibility index (Phi) is 6.10. The second-order valence-electron chi connectivity index (χ2n) is 6.00. The average Bonchev–Trinajstić information content (AvgIpc) is 3.02. The number of fused-ring (bicyclic) bond motifs is 1. The number of nitrogens with one attached hydrogen (secondary N) is 2. The van der Waals surface area contributed by atoms with Crippen molar-refractivity contribution in [3.05, 3.63) is 23.8 Å². The van der Waals surface area contributed by atoms with Crippen molar-refractivity contribution >= 4 is 5.96 Å². The van der Waals surface area contributed by atoms with Crippen molar-refractivity contribution in [2.45, 2.75) is 26.2 Å². The average molecular weight is 321 g/mol. The Morgan fingerprint density at radius 1 is 1.26 bits per heavy atom. The Morgan fingerprint density at radius 3 is 2.78 bits per heavy atom. The van der Waals surface area contributed by atoms with Crippen LogP contribution < -0.4 is 20.1 Å². The highest BCUT2D eigenvalue weighted by Crippen LogP contribution is 2.36. The van der Waals surface area contributed by atoms with Crippen molar-refractivity contribution in [2.24, 2.45) is 4.99 Å². The Hall–Kier alpha value is -1.95. The number of guanidine groups is 1. The summed E-state index contributed by atoms with van der Waals surface area (Å²) in [5.41, 5.74) is 1.12. The molecule has 0 unspecified atom stereocenters. The van der Waals surface area contributed by atoms with Gasteiger partial charge in [0.2, 0.25) is 6.79 Å². The van der Waals surface area contributed by atoms with Gasteiger partial charge in [0.05, 0.1) is 6.61 Å². The van der Waals surface area contributed by atoms with Gasteiger partial charge in [0.1, 0.15) is 0 Å². The number of ether oxygens (including phenoxy) is 3. The van der Waals surface area contributed by atoms with Crippen LogP contribution in [0.15, 0.2) is 23.2 Å². The minimum Gasteiger partial charge on any atom is -0.454 e. The van der Waals surface area contributed by atoms with E-state index in [2.05, 4.69) is 41.6 Å². The van der Waals surface area contributed by atoms with Crippen LogP contribution in [0.1, 0.15) is 26.3 Å². The molecule has 0 bridgehead atoms. The van der Waals surface area contributed by atoms with E-state index in [1.807, 2.05) is 13.0 Å². The maximum Gasteiger partial charge on any atom is 0.231 e. The van der Waals surface area contributed by atoms with Crippen molar-refractivity contribution in [1.29, 1.82) is 0 Å². The summed E-state index contributed by atoms with van der Waals surface area (Å²) >= 11 is 0. The smallest absolute Gasteiger partial charge is 0.231 e. The number of hydrogen-bond donors (Lipinski definition) is 2. The lowest BCUT2D eigenvalue weighted by atomic mass is 9.84. The Balaban J connectivity index is 1.90. The minimum atomic E-state index is -0.0709. The third-order valence-electron chi connectivity index (χ3n) is 3.82. The molecule has 0 saturated carbocycles. The molecule has 0 saturated heterocycles. The molecule has 0 radical (unpaired) electrons. The second-order valence-corrected chi connectivity index (χ2v) is 6.00. The summed E-state index contributed by atoms with van der Waals surface area (Å²) in [5, 5.41) is 6.60. The topological polar surface area (TPSA) is 64.1 Å². The van der Waals surface area contributed by atoms with Crippen molar-refractivity contribution in [3.8, 4) is 11.5 Å². The maximum absolute atomic E-state index is 5.46. The third kappa shape index (κ3) is 4.76. The van der Waals surface area contributed by atoms with E-state index in [0.29, 0.717) is 13.4 Å². The molecular formula is C17H27N3O3. The number of aliphatic imine (C=N–C) groups is 1. The van der Waals surface area contributed by atoms with E-state index in [0.717, 1.165) is 37.2 Å². The first-order valence-electron chi connectivity index (χ1n) is 7.99. The zero-order valence-corrected chi connectivity index (χ0v) is 14.4. The molecule has 0 fully saturated rings. The van der Waals surface area contributed by atoms with Gasteiger partial charge in [-0.15, -0.1) is 0 Å². The van der Waals surface area contributed by atoms with E-state index in [-0.39, 0.29) is 5.41 Å². The fourth-order valence-corrected chi connectivity index (χ4v) is 2.33. The molecule has 0 atom stereocenters. The molecule has 2 rings (SSSR count). The van der Waals surface area contributed by atoms with Gasteiger partial charge in [0, 0.05) is 32.2 Å². The molecule has 1 aliphatic rings. The van der Waals surface area contributed by atoms with Gasteiger partial charge in [0.25, 0.3) is 0 Å². The minimum absolute atomic E-state index is 0.0709. The molecule has 0 amide bonds. The van der Waals surface area contributed by atoms with E-state index in [1.165, 1.54) is 5.56 Å². The first kappa shape index (κ1) is 17.4. The van der Waals surface area contributed by atoms with E-state index in [1.54, 1.807) is 7.05 Å². The van der Waals surface area contributed by atoms with E-state index < -0.39 is 0 Å². The summed E-state index contributed by atoms with van der Waals surface area (Å²) < 4.78 is 16.1. The Morgan fingerprint density at radius 2 is 2.04 bits per heavy atom. The van der Waals surface area contributed by atoms with Crippen LogP contribution in [0.4, 0.5) is 0 Å². The largest absolute Gasteiger partial charge is 0.454 e. The van der Waals surface area contributed by atoms with Gasteiger partial charge < -0.3 is 24.8 Å². The standard InChI is InChI=1S/C17H27N3O3/c1-5-21-9-8-19-16(18-4)20-11-17(2,3)13-6-7-14-15(10-13)23-12-22-14/h6-7,10H,5,8-9,11-12H2,1-4H3,(H2,18,19,20). The van der Waals surface area contributed by atoms with E-state index >= 15 is 0 Å². The van der Waals surface area contributed by atoms with Crippen molar-refractivity contribution in [1.82, 2.24) is 10.6 Å². The normalized spacial score (nSPS) is 14.0. The van der Waals surface area contributed by atoms with Crippen molar-refractivity contribution in [3.63, 3.8) is 0 Å². The lowest BCUT2D eigenvalue weighted by molar-refractivity contribution is 0.152. The van der Waals surface area contributed by atoms with Gasteiger partial charge in [-0.05, 0) is 24.6 Å². The van der Waals surface area contributed by atoms with Gasteiger partial charge in [-0.2, -0.15) is 0 Å². The number of rotatable bonds is 7. The van der Waals surface area contributed by atoms with Gasteiger partial charge >= 0.3 is 0 Å². The van der Waals surface area contributed by atoms with Crippen LogP contribution in [0.25, 0.3) is 0 Å². The van der Waals surface area contributed by atoms with Crippen molar-refractivity contribution in [2.75, 3.05) is 40.1 Å². The predicted octanol–water partition coefficient (Wildman–Crippen LogP) is 1.89. The molecule has 1 aromatic carbocycles.